The molecule has 1 aromatic carbocycles. The fourth-order valence-corrected chi connectivity index (χ4v) is 5.41. The molecular formula is C21H23F3N8O5. The maximum atomic E-state index is 12.8. The lowest BCUT2D eigenvalue weighted by Gasteiger charge is -2.51. The topological polar surface area (TPSA) is 194 Å². The molecule has 0 bridgehead atoms. The zero-order valence-electron chi connectivity index (χ0n) is 19.0. The number of halogens is 3. The standard InChI is InChI=1S/C21H23F3N8O5/c22-21(23,24)10-3-1-9(2-4-10)16(35)28-12-8-32-18(26)27-11(7-31-13(33)5-6-14(31)34)15-19(32,20(12,36)37)30-17(25)29-15/h1-4,11-12,15,36-37H,5-8H2,(H2,26,27)(H,28,35)(H3,25,29,30). The van der Waals surface area contributed by atoms with Gasteiger partial charge in [-0.1, -0.05) is 0 Å². The molecule has 4 fully saturated rings. The molecular weight excluding hydrogens is 501 g/mol. The van der Waals surface area contributed by atoms with E-state index < -0.39 is 59.0 Å². The highest BCUT2D eigenvalue weighted by Gasteiger charge is 2.74. The predicted molar refractivity (Wildman–Crippen MR) is 118 cm³/mol. The van der Waals surface area contributed by atoms with E-state index in [1.165, 1.54) is 4.90 Å². The van der Waals surface area contributed by atoms with Crippen molar-refractivity contribution in [3.63, 3.8) is 0 Å². The molecule has 0 aromatic heterocycles. The van der Waals surface area contributed by atoms with Crippen LogP contribution in [-0.4, -0.2) is 92.3 Å². The summed E-state index contributed by atoms with van der Waals surface area (Å²) >= 11 is 0. The van der Waals surface area contributed by atoms with Gasteiger partial charge < -0.3 is 36.4 Å². The molecule has 1 spiro atoms. The van der Waals surface area contributed by atoms with Crippen LogP contribution in [-0.2, 0) is 15.8 Å². The van der Waals surface area contributed by atoms with Crippen molar-refractivity contribution in [3.8, 4) is 0 Å². The molecule has 3 amide bonds. The molecule has 37 heavy (non-hydrogen) atoms. The molecule has 4 saturated heterocycles. The number of hydrogen-bond acceptors (Lipinski definition) is 7. The maximum absolute atomic E-state index is 12.8. The number of amides is 3. The molecule has 4 atom stereocenters. The van der Waals surface area contributed by atoms with E-state index in [2.05, 4.69) is 21.3 Å². The molecule has 8 N–H and O–H groups in total. The number of carbonyl (C=O) groups is 3. The number of hydrogen-bond donors (Lipinski definition) is 8. The van der Waals surface area contributed by atoms with E-state index in [1.54, 1.807) is 0 Å². The van der Waals surface area contributed by atoms with E-state index in [0.29, 0.717) is 0 Å². The third kappa shape index (κ3) is 3.66. The van der Waals surface area contributed by atoms with Crippen LogP contribution in [0.25, 0.3) is 0 Å². The Hall–Kier alpha value is -3.92. The van der Waals surface area contributed by atoms with Gasteiger partial charge in [0.15, 0.2) is 17.6 Å². The average molecular weight is 524 g/mol. The van der Waals surface area contributed by atoms with Crippen molar-refractivity contribution >= 4 is 29.6 Å². The Morgan fingerprint density at radius 1 is 1.11 bits per heavy atom. The smallest absolute Gasteiger partial charge is 0.361 e. The Morgan fingerprint density at radius 2 is 1.73 bits per heavy atom. The first-order valence-electron chi connectivity index (χ1n) is 11.3. The third-order valence-corrected chi connectivity index (χ3v) is 7.21. The van der Waals surface area contributed by atoms with Crippen LogP contribution in [0.2, 0.25) is 0 Å². The lowest BCUT2D eigenvalue weighted by Crippen LogP contribution is -2.81. The van der Waals surface area contributed by atoms with Gasteiger partial charge in [0.05, 0.1) is 24.2 Å². The molecule has 0 aliphatic carbocycles. The average Bonchev–Trinajstić information content (AvgIpc) is 3.41. The van der Waals surface area contributed by atoms with Gasteiger partial charge in [-0.3, -0.25) is 30.1 Å². The second kappa shape index (κ2) is 8.04. The van der Waals surface area contributed by atoms with E-state index in [9.17, 15) is 37.8 Å². The monoisotopic (exact) mass is 524 g/mol. The second-order valence-electron chi connectivity index (χ2n) is 9.32. The van der Waals surface area contributed by atoms with E-state index >= 15 is 0 Å². The minimum Gasteiger partial charge on any atom is -0.361 e. The summed E-state index contributed by atoms with van der Waals surface area (Å²) in [5.74, 6) is -5.17. The summed E-state index contributed by atoms with van der Waals surface area (Å²) in [7, 11) is 0. The van der Waals surface area contributed by atoms with Crippen LogP contribution in [0.1, 0.15) is 28.8 Å². The van der Waals surface area contributed by atoms with E-state index in [1.807, 2.05) is 0 Å². The summed E-state index contributed by atoms with van der Waals surface area (Å²) in [5.41, 5.74) is -3.08. The highest BCUT2D eigenvalue weighted by atomic mass is 19.4. The number of likely N-dealkylation sites (tertiary alicyclic amines) is 1. The zero-order chi connectivity index (χ0) is 26.9. The van der Waals surface area contributed by atoms with Crippen LogP contribution >= 0.6 is 0 Å². The van der Waals surface area contributed by atoms with Gasteiger partial charge in [0.25, 0.3) is 5.91 Å². The van der Waals surface area contributed by atoms with E-state index in [0.717, 1.165) is 29.2 Å². The molecule has 4 heterocycles. The Labute approximate surface area is 207 Å². The number of nitrogens with zero attached hydrogens (tertiary/aromatic N) is 2. The summed E-state index contributed by atoms with van der Waals surface area (Å²) in [6.07, 6.45) is -4.52. The van der Waals surface area contributed by atoms with Gasteiger partial charge in [0, 0.05) is 24.9 Å². The van der Waals surface area contributed by atoms with Crippen molar-refractivity contribution in [2.45, 2.75) is 48.6 Å². The van der Waals surface area contributed by atoms with Crippen LogP contribution in [0.15, 0.2) is 24.3 Å². The maximum Gasteiger partial charge on any atom is 0.416 e. The van der Waals surface area contributed by atoms with Crippen molar-refractivity contribution in [1.82, 2.24) is 31.1 Å². The fraction of sp³-hybridized carbons (Fsp3) is 0.476. The first-order valence-corrected chi connectivity index (χ1v) is 11.3. The summed E-state index contributed by atoms with van der Waals surface area (Å²) in [6.45, 7) is -0.529. The minimum atomic E-state index is -4.59. The Bertz CT molecular complexity index is 1190. The zero-order valence-corrected chi connectivity index (χ0v) is 19.0. The molecule has 1 aromatic rings. The molecule has 4 aliphatic heterocycles. The number of guanidine groups is 2. The van der Waals surface area contributed by atoms with Gasteiger partial charge in [-0.25, -0.2) is 0 Å². The number of benzene rings is 1. The highest BCUT2D eigenvalue weighted by molar-refractivity contribution is 6.02. The molecule has 4 unspecified atom stereocenters. The number of carbonyl (C=O) groups excluding carboxylic acids is 3. The molecule has 198 valence electrons. The van der Waals surface area contributed by atoms with Crippen molar-refractivity contribution in [3.05, 3.63) is 35.4 Å². The lowest BCUT2D eigenvalue weighted by molar-refractivity contribution is -0.232. The SMILES string of the molecule is N=C1NC2C(CN3C(=O)CCC3=O)NC(=N)N3CC(NC(=O)c4ccc(C(F)(F)F)cc4)C(O)(O)C23N1. The molecule has 0 radical (unpaired) electrons. The van der Waals surface area contributed by atoms with Gasteiger partial charge >= 0.3 is 6.18 Å². The van der Waals surface area contributed by atoms with Crippen molar-refractivity contribution in [1.29, 1.82) is 10.8 Å². The van der Waals surface area contributed by atoms with Gasteiger partial charge in [-0.05, 0) is 24.3 Å². The number of imide groups is 1. The minimum absolute atomic E-state index is 0.0361. The van der Waals surface area contributed by atoms with E-state index in [4.69, 9.17) is 10.8 Å². The van der Waals surface area contributed by atoms with Gasteiger partial charge in [-0.2, -0.15) is 13.2 Å². The molecule has 16 heteroatoms. The van der Waals surface area contributed by atoms with Crippen molar-refractivity contribution < 1.29 is 37.8 Å². The summed E-state index contributed by atoms with van der Waals surface area (Å²) in [5, 5.41) is 49.9. The van der Waals surface area contributed by atoms with Gasteiger partial charge in [0.1, 0.15) is 6.04 Å². The predicted octanol–water partition coefficient (Wildman–Crippen LogP) is -1.95. The van der Waals surface area contributed by atoms with Crippen LogP contribution in [0.5, 0.6) is 0 Å². The molecule has 0 saturated carbocycles. The van der Waals surface area contributed by atoms with E-state index in [-0.39, 0.29) is 43.4 Å². The third-order valence-electron chi connectivity index (χ3n) is 7.21. The summed E-state index contributed by atoms with van der Waals surface area (Å²) < 4.78 is 38.5. The van der Waals surface area contributed by atoms with Crippen LogP contribution < -0.4 is 21.3 Å². The number of nitrogens with one attached hydrogen (secondary N) is 6. The van der Waals surface area contributed by atoms with Gasteiger partial charge in [0.2, 0.25) is 17.6 Å². The highest BCUT2D eigenvalue weighted by Crippen LogP contribution is 2.43. The number of alkyl halides is 3. The Balaban J connectivity index is 1.42. The largest absolute Gasteiger partial charge is 0.416 e. The van der Waals surface area contributed by atoms with Gasteiger partial charge in [-0.15, -0.1) is 0 Å². The van der Waals surface area contributed by atoms with Crippen molar-refractivity contribution in [2.24, 2.45) is 0 Å². The number of rotatable bonds is 4. The van der Waals surface area contributed by atoms with Crippen molar-refractivity contribution in [2.75, 3.05) is 13.1 Å². The molecule has 13 nitrogen and oxygen atoms in total. The van der Waals surface area contributed by atoms with Crippen LogP contribution in [0, 0.1) is 10.8 Å². The fourth-order valence-electron chi connectivity index (χ4n) is 5.41. The van der Waals surface area contributed by atoms with Crippen LogP contribution in [0.3, 0.4) is 0 Å². The number of aliphatic hydroxyl groups is 2. The first kappa shape index (κ1) is 24.8. The molecule has 4 aliphatic rings. The molecule has 5 rings (SSSR count). The second-order valence-corrected chi connectivity index (χ2v) is 9.32. The van der Waals surface area contributed by atoms with Crippen LogP contribution in [0.4, 0.5) is 13.2 Å². The summed E-state index contributed by atoms with van der Waals surface area (Å²) in [4.78, 5) is 39.3. The first-order chi connectivity index (χ1) is 17.3. The Morgan fingerprint density at radius 3 is 2.32 bits per heavy atom. The normalized spacial score (nSPS) is 30.5. The summed E-state index contributed by atoms with van der Waals surface area (Å²) in [6, 6.07) is -0.0739. The Kier molecular flexibility index (Phi) is 5.38. The quantitative estimate of drug-likeness (QED) is 0.163. The lowest BCUT2D eigenvalue weighted by atomic mass is 9.84.